The molecule has 5 N–H and O–H groups in total. The number of carbonyl (C=O) groups is 2. The second-order valence-electron chi connectivity index (χ2n) is 8.50. The number of nitrogens with two attached hydrogens (primary N) is 1. The predicted molar refractivity (Wildman–Crippen MR) is 118 cm³/mol. The lowest BCUT2D eigenvalue weighted by Gasteiger charge is -2.26. The summed E-state index contributed by atoms with van der Waals surface area (Å²) < 4.78 is 0. The van der Waals surface area contributed by atoms with Crippen molar-refractivity contribution in [2.45, 2.75) is 76.4 Å². The number of carbonyl (C=O) groups excluding carboxylic acids is 2. The van der Waals surface area contributed by atoms with Crippen LogP contribution in [0.2, 0.25) is 0 Å². The molecule has 1 atom stereocenters. The number of hydrogen-bond acceptors (Lipinski definition) is 4. The molecule has 0 bridgehead atoms. The number of amides is 2. The van der Waals surface area contributed by atoms with Crippen molar-refractivity contribution in [3.05, 3.63) is 35.4 Å². The molecule has 1 aromatic carbocycles. The second kappa shape index (κ2) is 11.1. The highest BCUT2D eigenvalue weighted by Crippen LogP contribution is 2.19. The fourth-order valence-corrected chi connectivity index (χ4v) is 4.44. The Morgan fingerprint density at radius 2 is 1.67 bits per heavy atom. The summed E-state index contributed by atoms with van der Waals surface area (Å²) in [5.41, 5.74) is 7.07. The van der Waals surface area contributed by atoms with Crippen LogP contribution in [0.4, 0.5) is 0 Å². The zero-order valence-electron chi connectivity index (χ0n) is 17.8. The van der Waals surface area contributed by atoms with Crippen molar-refractivity contribution in [3.63, 3.8) is 0 Å². The third-order valence-corrected chi connectivity index (χ3v) is 6.25. The Labute approximate surface area is 179 Å². The summed E-state index contributed by atoms with van der Waals surface area (Å²) in [6, 6.07) is 7.29. The van der Waals surface area contributed by atoms with Crippen LogP contribution in [-0.2, 0) is 16.1 Å². The first-order valence-electron chi connectivity index (χ1n) is 11.3. The number of nitrogens with zero attached hydrogens (tertiary/aromatic N) is 1. The molecule has 1 aromatic rings. The monoisotopic (exact) mass is 413 g/mol. The van der Waals surface area contributed by atoms with Gasteiger partial charge in [0.15, 0.2) is 0 Å². The first kappa shape index (κ1) is 22.3. The van der Waals surface area contributed by atoms with Gasteiger partial charge in [0, 0.05) is 24.7 Å². The molecule has 3 rings (SSSR count). The smallest absolute Gasteiger partial charge is 0.243 e. The molecule has 1 saturated heterocycles. The molecule has 164 valence electrons. The molecule has 0 radical (unpaired) electrons. The molecule has 1 aliphatic carbocycles. The summed E-state index contributed by atoms with van der Waals surface area (Å²) in [6.45, 7) is 1.37. The Morgan fingerprint density at radius 1 is 1.00 bits per heavy atom. The fraction of sp³-hybridized carbons (Fsp3) is 0.609. The van der Waals surface area contributed by atoms with E-state index in [9.17, 15) is 9.59 Å². The van der Waals surface area contributed by atoms with Crippen molar-refractivity contribution in [3.8, 4) is 0 Å². The molecule has 7 nitrogen and oxygen atoms in total. The lowest BCUT2D eigenvalue weighted by molar-refractivity contribution is -0.137. The molecular formula is C23H35N5O2. The van der Waals surface area contributed by atoms with Gasteiger partial charge in [-0.3, -0.25) is 15.0 Å². The van der Waals surface area contributed by atoms with Crippen molar-refractivity contribution in [1.29, 1.82) is 5.41 Å². The molecular weight excluding hydrogens is 378 g/mol. The van der Waals surface area contributed by atoms with Crippen LogP contribution in [0.3, 0.4) is 0 Å². The number of nitrogen functional groups attached to an aromatic ring is 1. The van der Waals surface area contributed by atoms with Crippen molar-refractivity contribution in [1.82, 2.24) is 15.5 Å². The minimum atomic E-state index is -0.381. The van der Waals surface area contributed by atoms with Gasteiger partial charge in [-0.25, -0.2) is 0 Å². The Morgan fingerprint density at radius 3 is 2.33 bits per heavy atom. The van der Waals surface area contributed by atoms with E-state index in [0.717, 1.165) is 24.8 Å². The minimum absolute atomic E-state index is 0.0266. The van der Waals surface area contributed by atoms with Crippen LogP contribution in [0, 0.1) is 5.41 Å². The minimum Gasteiger partial charge on any atom is -0.384 e. The number of hydrogen-bond donors (Lipinski definition) is 4. The summed E-state index contributed by atoms with van der Waals surface area (Å²) in [6.07, 6.45) is 10.2. The van der Waals surface area contributed by atoms with Gasteiger partial charge in [-0.15, -0.1) is 0 Å². The Bertz CT molecular complexity index is 726. The van der Waals surface area contributed by atoms with E-state index in [1.807, 2.05) is 12.1 Å². The van der Waals surface area contributed by atoms with E-state index in [-0.39, 0.29) is 23.7 Å². The topological polar surface area (TPSA) is 111 Å². The van der Waals surface area contributed by atoms with Crippen molar-refractivity contribution in [2.75, 3.05) is 13.1 Å². The van der Waals surface area contributed by atoms with Crippen LogP contribution in [0.5, 0.6) is 0 Å². The maximum Gasteiger partial charge on any atom is 0.243 e. The SMILES string of the molecule is N=C(N)c1ccc(CNC(=O)C2CCCN2C(=O)CNC2CCCCCCC2)cc1. The predicted octanol–water partition coefficient (Wildman–Crippen LogP) is 2.28. The van der Waals surface area contributed by atoms with Crippen LogP contribution >= 0.6 is 0 Å². The maximum absolute atomic E-state index is 12.8. The van der Waals surface area contributed by atoms with Crippen LogP contribution in [-0.4, -0.2) is 47.7 Å². The number of amidine groups is 1. The van der Waals surface area contributed by atoms with E-state index < -0.39 is 0 Å². The molecule has 30 heavy (non-hydrogen) atoms. The van der Waals surface area contributed by atoms with Gasteiger partial charge in [-0.1, -0.05) is 56.4 Å². The molecule has 1 aliphatic heterocycles. The highest BCUT2D eigenvalue weighted by atomic mass is 16.2. The quantitative estimate of drug-likeness (QED) is 0.406. The third-order valence-electron chi connectivity index (χ3n) is 6.25. The van der Waals surface area contributed by atoms with E-state index in [0.29, 0.717) is 37.7 Å². The van der Waals surface area contributed by atoms with E-state index in [2.05, 4.69) is 10.6 Å². The largest absolute Gasteiger partial charge is 0.384 e. The molecule has 2 aliphatic rings. The average molecular weight is 414 g/mol. The van der Waals surface area contributed by atoms with Crippen LogP contribution in [0.15, 0.2) is 24.3 Å². The number of benzene rings is 1. The summed E-state index contributed by atoms with van der Waals surface area (Å²) in [5, 5.41) is 13.8. The zero-order valence-corrected chi connectivity index (χ0v) is 17.8. The van der Waals surface area contributed by atoms with E-state index in [4.69, 9.17) is 11.1 Å². The highest BCUT2D eigenvalue weighted by Gasteiger charge is 2.33. The number of nitrogens with one attached hydrogen (secondary N) is 3. The van der Waals surface area contributed by atoms with Gasteiger partial charge in [-0.2, -0.15) is 0 Å². The molecule has 1 saturated carbocycles. The summed E-state index contributed by atoms with van der Waals surface area (Å²) >= 11 is 0. The van der Waals surface area contributed by atoms with E-state index >= 15 is 0 Å². The maximum atomic E-state index is 12.8. The van der Waals surface area contributed by atoms with E-state index in [1.165, 1.54) is 32.1 Å². The molecule has 1 unspecified atom stereocenters. The summed E-state index contributed by atoms with van der Waals surface area (Å²) in [4.78, 5) is 27.2. The molecule has 1 heterocycles. The highest BCUT2D eigenvalue weighted by molar-refractivity contribution is 5.94. The normalized spacial score (nSPS) is 20.4. The van der Waals surface area contributed by atoms with Crippen molar-refractivity contribution in [2.24, 2.45) is 5.73 Å². The van der Waals surface area contributed by atoms with Gasteiger partial charge in [0.2, 0.25) is 11.8 Å². The van der Waals surface area contributed by atoms with Crippen LogP contribution < -0.4 is 16.4 Å². The van der Waals surface area contributed by atoms with Crippen molar-refractivity contribution >= 4 is 17.6 Å². The van der Waals surface area contributed by atoms with Gasteiger partial charge in [0.25, 0.3) is 0 Å². The second-order valence-corrected chi connectivity index (χ2v) is 8.50. The van der Waals surface area contributed by atoms with Gasteiger partial charge < -0.3 is 21.3 Å². The summed E-state index contributed by atoms with van der Waals surface area (Å²) in [7, 11) is 0. The first-order chi connectivity index (χ1) is 14.5. The molecule has 7 heteroatoms. The third kappa shape index (κ3) is 6.29. The Balaban J connectivity index is 1.46. The number of rotatable bonds is 7. The molecule has 0 spiro atoms. The average Bonchev–Trinajstić information content (AvgIpc) is 3.21. The molecule has 2 fully saturated rings. The van der Waals surface area contributed by atoms with Gasteiger partial charge in [-0.05, 0) is 31.2 Å². The Kier molecular flexibility index (Phi) is 8.25. The zero-order chi connectivity index (χ0) is 21.3. The lowest BCUT2D eigenvalue weighted by Crippen LogP contribution is -2.49. The van der Waals surface area contributed by atoms with Gasteiger partial charge in [0.1, 0.15) is 11.9 Å². The van der Waals surface area contributed by atoms with Crippen LogP contribution in [0.1, 0.15) is 68.9 Å². The first-order valence-corrected chi connectivity index (χ1v) is 11.3. The van der Waals surface area contributed by atoms with Crippen LogP contribution in [0.25, 0.3) is 0 Å². The summed E-state index contributed by atoms with van der Waals surface area (Å²) in [5.74, 6) is -0.0401. The van der Waals surface area contributed by atoms with E-state index in [1.54, 1.807) is 17.0 Å². The van der Waals surface area contributed by atoms with Gasteiger partial charge >= 0.3 is 0 Å². The number of likely N-dealkylation sites (tertiary alicyclic amines) is 1. The molecule has 2 amide bonds. The Hall–Kier alpha value is -2.41. The standard InChI is InChI=1S/C23H35N5O2/c24-22(25)18-12-10-17(11-13-18)15-27-23(30)20-9-6-14-28(20)21(29)16-26-19-7-4-2-1-3-5-8-19/h10-13,19-20,26H,1-9,14-16H2,(H3,24,25)(H,27,30). The lowest BCUT2D eigenvalue weighted by atomic mass is 9.97. The molecule has 0 aromatic heterocycles. The fourth-order valence-electron chi connectivity index (χ4n) is 4.44. The van der Waals surface area contributed by atoms with Gasteiger partial charge in [0.05, 0.1) is 6.54 Å². The van der Waals surface area contributed by atoms with Crippen molar-refractivity contribution < 1.29 is 9.59 Å².